The predicted octanol–water partition coefficient (Wildman–Crippen LogP) is 10.3. The molecule has 0 amide bonds. The van der Waals surface area contributed by atoms with Gasteiger partial charge in [-0.3, -0.25) is 4.98 Å². The highest BCUT2D eigenvalue weighted by Crippen LogP contribution is 2.60. The van der Waals surface area contributed by atoms with Crippen molar-refractivity contribution in [1.82, 2.24) is 4.98 Å². The number of nitrogens with zero attached hydrogens (tertiary/aromatic N) is 2. The molecule has 2 nitrogen and oxygen atoms in total. The van der Waals surface area contributed by atoms with Gasteiger partial charge in [0.1, 0.15) is 0 Å². The molecule has 1 aliphatic carbocycles. The minimum Gasteiger partial charge on any atom is -0.264 e. The highest BCUT2D eigenvalue weighted by Gasteiger charge is 2.49. The van der Waals surface area contributed by atoms with Crippen molar-refractivity contribution >= 4 is 0 Å². The summed E-state index contributed by atoms with van der Waals surface area (Å²) >= 11 is 0. The Morgan fingerprint density at radius 3 is 1.40 bits per heavy atom. The molecule has 0 atom stereocenters. The van der Waals surface area contributed by atoms with Crippen LogP contribution in [0.3, 0.4) is 0 Å². The zero-order valence-corrected chi connectivity index (χ0v) is 24.6. The Kier molecular flexibility index (Phi) is 6.44. The summed E-state index contributed by atoms with van der Waals surface area (Å²) in [7, 11) is 0. The average molecular weight is 573 g/mol. The first-order valence-electron chi connectivity index (χ1n) is 15.2. The Labute approximate surface area is 263 Å². The summed E-state index contributed by atoms with van der Waals surface area (Å²) in [5, 5.41) is 9.52. The van der Waals surface area contributed by atoms with E-state index in [0.717, 1.165) is 16.7 Å². The second kappa shape index (κ2) is 10.9. The molecule has 7 aromatic rings. The van der Waals surface area contributed by atoms with E-state index in [0.29, 0.717) is 5.56 Å². The van der Waals surface area contributed by atoms with Gasteiger partial charge in [-0.2, -0.15) is 5.26 Å². The molecule has 0 saturated carbocycles. The Morgan fingerprint density at radius 2 is 0.911 bits per heavy atom. The Hall–Kier alpha value is -6.04. The van der Waals surface area contributed by atoms with Gasteiger partial charge in [0.25, 0.3) is 0 Å². The summed E-state index contributed by atoms with van der Waals surface area (Å²) < 4.78 is 0. The van der Waals surface area contributed by atoms with Gasteiger partial charge < -0.3 is 0 Å². The molecule has 210 valence electrons. The van der Waals surface area contributed by atoms with Crippen molar-refractivity contribution in [3.63, 3.8) is 0 Å². The molecule has 0 spiro atoms. The minimum atomic E-state index is -0.587. The van der Waals surface area contributed by atoms with Crippen LogP contribution in [0.5, 0.6) is 0 Å². The van der Waals surface area contributed by atoms with Crippen molar-refractivity contribution in [3.05, 3.63) is 198 Å². The highest BCUT2D eigenvalue weighted by molar-refractivity contribution is 5.97. The predicted molar refractivity (Wildman–Crippen MR) is 183 cm³/mol. The molecule has 1 aromatic heterocycles. The lowest BCUT2D eigenvalue weighted by Crippen LogP contribution is -2.30. The van der Waals surface area contributed by atoms with Crippen molar-refractivity contribution in [1.29, 1.82) is 5.26 Å². The van der Waals surface area contributed by atoms with E-state index in [4.69, 9.17) is 0 Å². The molecule has 0 unspecified atom stereocenters. The van der Waals surface area contributed by atoms with Gasteiger partial charge in [0.05, 0.1) is 17.0 Å². The van der Waals surface area contributed by atoms with Crippen LogP contribution in [0, 0.1) is 11.3 Å². The molecule has 0 N–H and O–H groups in total. The van der Waals surface area contributed by atoms with Gasteiger partial charge >= 0.3 is 0 Å². The van der Waals surface area contributed by atoms with Crippen LogP contribution in [0.25, 0.3) is 44.5 Å². The van der Waals surface area contributed by atoms with Crippen LogP contribution in [-0.4, -0.2) is 4.98 Å². The van der Waals surface area contributed by atoms with Crippen LogP contribution >= 0.6 is 0 Å². The topological polar surface area (TPSA) is 36.7 Å². The number of nitriles is 1. The quantitative estimate of drug-likeness (QED) is 0.206. The molecule has 8 rings (SSSR count). The summed E-state index contributed by atoms with van der Waals surface area (Å²) in [6.07, 6.45) is 3.72. The number of hydrogen-bond donors (Lipinski definition) is 0. The number of benzene rings is 6. The third-order valence-electron chi connectivity index (χ3n) is 9.10. The SMILES string of the molecule is N#Cc1ccc(-c2cccc3c2C(c2ccccc2)(c2ccccc2)c2c(-c4ccc(-c5cccnc5)cc4)cccc2-3)cc1. The van der Waals surface area contributed by atoms with E-state index in [9.17, 15) is 5.26 Å². The molecule has 0 saturated heterocycles. The van der Waals surface area contributed by atoms with E-state index >= 15 is 0 Å². The Bertz CT molecular complexity index is 2140. The van der Waals surface area contributed by atoms with Gasteiger partial charge in [0, 0.05) is 12.4 Å². The zero-order valence-electron chi connectivity index (χ0n) is 24.6. The second-order valence-corrected chi connectivity index (χ2v) is 11.4. The summed E-state index contributed by atoms with van der Waals surface area (Å²) in [6, 6.07) is 58.4. The number of rotatable bonds is 5. The van der Waals surface area contributed by atoms with Gasteiger partial charge in [-0.15, -0.1) is 0 Å². The summed E-state index contributed by atoms with van der Waals surface area (Å²) in [5.74, 6) is 0. The maximum absolute atomic E-state index is 9.52. The first-order valence-corrected chi connectivity index (χ1v) is 15.2. The molecule has 0 fully saturated rings. The third kappa shape index (κ3) is 4.21. The van der Waals surface area contributed by atoms with E-state index in [-0.39, 0.29) is 0 Å². The number of fused-ring (bicyclic) bond motifs is 3. The van der Waals surface area contributed by atoms with Gasteiger partial charge in [-0.1, -0.05) is 140 Å². The first-order chi connectivity index (χ1) is 22.3. The van der Waals surface area contributed by atoms with Crippen LogP contribution in [0.4, 0.5) is 0 Å². The van der Waals surface area contributed by atoms with Crippen LogP contribution in [0.1, 0.15) is 27.8 Å². The molecule has 1 aliphatic rings. The van der Waals surface area contributed by atoms with Gasteiger partial charge in [-0.25, -0.2) is 0 Å². The summed E-state index contributed by atoms with van der Waals surface area (Å²) in [5.41, 5.74) is 14.4. The summed E-state index contributed by atoms with van der Waals surface area (Å²) in [4.78, 5) is 4.33. The lowest BCUT2D eigenvalue weighted by atomic mass is 9.64. The lowest BCUT2D eigenvalue weighted by Gasteiger charge is -2.36. The maximum atomic E-state index is 9.52. The van der Waals surface area contributed by atoms with Crippen molar-refractivity contribution in [2.24, 2.45) is 0 Å². The zero-order chi connectivity index (χ0) is 30.2. The molecule has 0 bridgehead atoms. The van der Waals surface area contributed by atoms with Gasteiger partial charge in [0.2, 0.25) is 0 Å². The maximum Gasteiger partial charge on any atom is 0.0991 e. The van der Waals surface area contributed by atoms with Crippen molar-refractivity contribution in [2.75, 3.05) is 0 Å². The van der Waals surface area contributed by atoms with Crippen LogP contribution in [0.15, 0.2) is 170 Å². The normalized spacial score (nSPS) is 12.6. The van der Waals surface area contributed by atoms with Gasteiger partial charge in [0.15, 0.2) is 0 Å². The fourth-order valence-corrected chi connectivity index (χ4v) is 7.19. The smallest absolute Gasteiger partial charge is 0.0991 e. The lowest BCUT2D eigenvalue weighted by molar-refractivity contribution is 0.772. The number of pyridine rings is 1. The van der Waals surface area contributed by atoms with E-state index in [1.165, 1.54) is 50.1 Å². The van der Waals surface area contributed by atoms with Crippen LogP contribution < -0.4 is 0 Å². The fraction of sp³-hybridized carbons (Fsp3) is 0.0233. The molecule has 2 heteroatoms. The van der Waals surface area contributed by atoms with Crippen molar-refractivity contribution < 1.29 is 0 Å². The molecular weight excluding hydrogens is 544 g/mol. The monoisotopic (exact) mass is 572 g/mol. The standard InChI is InChI=1S/C43H28N2/c44-28-30-19-21-32(22-20-30)37-15-7-17-39-40-18-8-16-38(33-25-23-31(24-26-33)34-10-9-27-45-29-34)42(40)43(41(37)39,35-11-3-1-4-12-35)36-13-5-2-6-14-36/h1-27,29H. The average Bonchev–Trinajstić information content (AvgIpc) is 3.44. The largest absolute Gasteiger partial charge is 0.264 e. The van der Waals surface area contributed by atoms with Crippen LogP contribution in [0.2, 0.25) is 0 Å². The highest BCUT2D eigenvalue weighted by atomic mass is 14.6. The van der Waals surface area contributed by atoms with Crippen LogP contribution in [-0.2, 0) is 5.41 Å². The number of aromatic nitrogens is 1. The fourth-order valence-electron chi connectivity index (χ4n) is 7.19. The van der Waals surface area contributed by atoms with E-state index < -0.39 is 5.41 Å². The van der Waals surface area contributed by atoms with Crippen molar-refractivity contribution in [3.8, 4) is 50.6 Å². The minimum absolute atomic E-state index is 0.587. The molecule has 6 aromatic carbocycles. The second-order valence-electron chi connectivity index (χ2n) is 11.4. The number of hydrogen-bond acceptors (Lipinski definition) is 2. The van der Waals surface area contributed by atoms with E-state index in [1.807, 2.05) is 30.6 Å². The first kappa shape index (κ1) is 26.6. The molecule has 45 heavy (non-hydrogen) atoms. The van der Waals surface area contributed by atoms with E-state index in [2.05, 4.69) is 151 Å². The molecule has 0 radical (unpaired) electrons. The summed E-state index contributed by atoms with van der Waals surface area (Å²) in [6.45, 7) is 0. The van der Waals surface area contributed by atoms with Crippen molar-refractivity contribution in [2.45, 2.75) is 5.41 Å². The Morgan fingerprint density at radius 1 is 0.422 bits per heavy atom. The molecule has 1 heterocycles. The van der Waals surface area contributed by atoms with Gasteiger partial charge in [-0.05, 0) is 85.0 Å². The molecular formula is C43H28N2. The van der Waals surface area contributed by atoms with E-state index in [1.54, 1.807) is 0 Å². The third-order valence-corrected chi connectivity index (χ3v) is 9.10. The molecule has 0 aliphatic heterocycles. The Balaban J connectivity index is 1.46.